The van der Waals surface area contributed by atoms with Gasteiger partial charge in [0.2, 0.25) is 0 Å². The van der Waals surface area contributed by atoms with Crippen LogP contribution in [0.4, 0.5) is 5.69 Å². The summed E-state index contributed by atoms with van der Waals surface area (Å²) >= 11 is 6.02. The molecule has 3 rings (SSSR count). The maximum Gasteiger partial charge on any atom is 0.335 e. The first-order valence-electron chi connectivity index (χ1n) is 7.16. The summed E-state index contributed by atoms with van der Waals surface area (Å²) in [6.45, 7) is 0. The maximum atomic E-state index is 12.6. The highest BCUT2D eigenvalue weighted by Crippen LogP contribution is 2.27. The number of halogens is 1. The highest BCUT2D eigenvalue weighted by molar-refractivity contribution is 7.92. The number of rotatable bonds is 5. The molecule has 0 spiro atoms. The molecular formula is C17H13ClN2O4S. The molecule has 0 bridgehead atoms. The van der Waals surface area contributed by atoms with Crippen LogP contribution in [0.5, 0.6) is 0 Å². The van der Waals surface area contributed by atoms with Crippen molar-refractivity contribution in [3.63, 3.8) is 0 Å². The van der Waals surface area contributed by atoms with Crippen molar-refractivity contribution >= 4 is 33.3 Å². The molecule has 0 atom stereocenters. The standard InChI is InChI=1S/C17H13ClN2O4S/c18-13-5-8-15(16(11-13)20-9-1-2-10-20)19-25(23,24)14-6-3-12(4-7-14)17(21)22/h1-11,19H,(H,21,22). The van der Waals surface area contributed by atoms with E-state index in [1.165, 1.54) is 24.3 Å². The molecular weight excluding hydrogens is 364 g/mol. The van der Waals surface area contributed by atoms with Crippen molar-refractivity contribution in [1.29, 1.82) is 0 Å². The fourth-order valence-corrected chi connectivity index (χ4v) is 3.52. The Hall–Kier alpha value is -2.77. The summed E-state index contributed by atoms with van der Waals surface area (Å²) in [6.07, 6.45) is 3.54. The number of anilines is 1. The number of aromatic nitrogens is 1. The Kier molecular flexibility index (Phi) is 4.52. The minimum absolute atomic E-state index is 0.0125. The predicted molar refractivity (Wildman–Crippen MR) is 95.0 cm³/mol. The predicted octanol–water partition coefficient (Wildman–Crippen LogP) is 3.63. The van der Waals surface area contributed by atoms with Crippen LogP contribution >= 0.6 is 11.6 Å². The van der Waals surface area contributed by atoms with Crippen LogP contribution in [0.2, 0.25) is 5.02 Å². The molecule has 2 aromatic carbocycles. The van der Waals surface area contributed by atoms with Crippen molar-refractivity contribution in [3.8, 4) is 5.69 Å². The topological polar surface area (TPSA) is 88.4 Å². The number of benzene rings is 2. The molecule has 1 aromatic heterocycles. The molecule has 0 aliphatic rings. The minimum atomic E-state index is -3.88. The van der Waals surface area contributed by atoms with E-state index in [9.17, 15) is 13.2 Å². The third kappa shape index (κ3) is 3.67. The van der Waals surface area contributed by atoms with Gasteiger partial charge < -0.3 is 9.67 Å². The lowest BCUT2D eigenvalue weighted by atomic mass is 10.2. The zero-order chi connectivity index (χ0) is 18.0. The van der Waals surface area contributed by atoms with E-state index in [4.69, 9.17) is 16.7 Å². The molecule has 0 amide bonds. The van der Waals surface area contributed by atoms with E-state index < -0.39 is 16.0 Å². The Morgan fingerprint density at radius 1 is 1.04 bits per heavy atom. The Morgan fingerprint density at radius 2 is 1.68 bits per heavy atom. The third-order valence-corrected chi connectivity index (χ3v) is 5.11. The minimum Gasteiger partial charge on any atom is -0.478 e. The molecule has 0 aliphatic heterocycles. The van der Waals surface area contributed by atoms with Crippen molar-refractivity contribution < 1.29 is 18.3 Å². The van der Waals surface area contributed by atoms with E-state index in [1.54, 1.807) is 35.2 Å². The van der Waals surface area contributed by atoms with Crippen LogP contribution in [0.15, 0.2) is 71.9 Å². The van der Waals surface area contributed by atoms with Crippen molar-refractivity contribution in [2.45, 2.75) is 4.90 Å². The summed E-state index contributed by atoms with van der Waals surface area (Å²) in [7, 11) is -3.88. The summed E-state index contributed by atoms with van der Waals surface area (Å²) in [5.41, 5.74) is 0.935. The second-order valence-electron chi connectivity index (χ2n) is 5.19. The monoisotopic (exact) mass is 376 g/mol. The van der Waals surface area contributed by atoms with Crippen LogP contribution in [-0.4, -0.2) is 24.1 Å². The number of carboxylic acid groups (broad SMARTS) is 1. The average molecular weight is 377 g/mol. The molecule has 128 valence electrons. The van der Waals surface area contributed by atoms with E-state index in [2.05, 4.69) is 4.72 Å². The van der Waals surface area contributed by atoms with Crippen molar-refractivity contribution in [1.82, 2.24) is 4.57 Å². The van der Waals surface area contributed by atoms with Crippen molar-refractivity contribution in [3.05, 3.63) is 77.6 Å². The SMILES string of the molecule is O=C(O)c1ccc(S(=O)(=O)Nc2ccc(Cl)cc2-n2cccc2)cc1. The fourth-order valence-electron chi connectivity index (χ4n) is 2.28. The maximum absolute atomic E-state index is 12.6. The third-order valence-electron chi connectivity index (χ3n) is 3.50. The Bertz CT molecular complexity index is 1010. The van der Waals surface area contributed by atoms with Crippen LogP contribution in [0, 0.1) is 0 Å². The molecule has 0 radical (unpaired) electrons. The van der Waals surface area contributed by atoms with Gasteiger partial charge in [0.15, 0.2) is 0 Å². The van der Waals surface area contributed by atoms with E-state index in [-0.39, 0.29) is 10.5 Å². The number of hydrogen-bond acceptors (Lipinski definition) is 3. The zero-order valence-electron chi connectivity index (χ0n) is 12.8. The quantitative estimate of drug-likeness (QED) is 0.711. The number of nitrogens with one attached hydrogen (secondary N) is 1. The molecule has 0 saturated heterocycles. The largest absolute Gasteiger partial charge is 0.478 e. The molecule has 0 saturated carbocycles. The first-order chi connectivity index (χ1) is 11.9. The van der Waals surface area contributed by atoms with Gasteiger partial charge in [-0.3, -0.25) is 4.72 Å². The number of carbonyl (C=O) groups is 1. The van der Waals surface area contributed by atoms with E-state index >= 15 is 0 Å². The second-order valence-corrected chi connectivity index (χ2v) is 7.31. The van der Waals surface area contributed by atoms with E-state index in [0.29, 0.717) is 16.4 Å². The van der Waals surface area contributed by atoms with E-state index in [1.807, 2.05) is 12.1 Å². The van der Waals surface area contributed by atoms with Crippen LogP contribution < -0.4 is 4.72 Å². The van der Waals surface area contributed by atoms with Crippen LogP contribution in [0.25, 0.3) is 5.69 Å². The first kappa shape index (κ1) is 17.1. The summed E-state index contributed by atoms with van der Waals surface area (Å²) < 4.78 is 29.4. The Labute approximate surface area is 149 Å². The number of hydrogen-bond donors (Lipinski definition) is 2. The molecule has 6 nitrogen and oxygen atoms in total. The van der Waals surface area contributed by atoms with Gasteiger partial charge >= 0.3 is 5.97 Å². The second kappa shape index (κ2) is 6.62. The van der Waals surface area contributed by atoms with Crippen LogP contribution in [0.3, 0.4) is 0 Å². The van der Waals surface area contributed by atoms with Gasteiger partial charge in [0.25, 0.3) is 10.0 Å². The molecule has 0 unspecified atom stereocenters. The zero-order valence-corrected chi connectivity index (χ0v) is 14.3. The molecule has 0 fully saturated rings. The summed E-state index contributed by atoms with van der Waals surface area (Å²) in [5.74, 6) is -1.12. The lowest BCUT2D eigenvalue weighted by Gasteiger charge is -2.14. The lowest BCUT2D eigenvalue weighted by molar-refractivity contribution is 0.0696. The number of sulfonamides is 1. The van der Waals surface area contributed by atoms with Crippen LogP contribution in [-0.2, 0) is 10.0 Å². The Morgan fingerprint density at radius 3 is 2.28 bits per heavy atom. The normalized spacial score (nSPS) is 11.2. The number of aromatic carboxylic acids is 1. The van der Waals surface area contributed by atoms with Gasteiger partial charge in [0.05, 0.1) is 21.8 Å². The van der Waals surface area contributed by atoms with Crippen LogP contribution in [0.1, 0.15) is 10.4 Å². The fraction of sp³-hybridized carbons (Fsp3) is 0. The lowest BCUT2D eigenvalue weighted by Crippen LogP contribution is -2.14. The van der Waals surface area contributed by atoms with Gasteiger partial charge in [0.1, 0.15) is 0 Å². The van der Waals surface area contributed by atoms with E-state index in [0.717, 1.165) is 0 Å². The summed E-state index contributed by atoms with van der Waals surface area (Å²) in [6, 6.07) is 13.4. The smallest absolute Gasteiger partial charge is 0.335 e. The molecule has 2 N–H and O–H groups in total. The highest BCUT2D eigenvalue weighted by Gasteiger charge is 2.17. The Balaban J connectivity index is 1.97. The molecule has 3 aromatic rings. The average Bonchev–Trinajstić information content (AvgIpc) is 3.11. The van der Waals surface area contributed by atoms with Gasteiger partial charge in [-0.15, -0.1) is 0 Å². The van der Waals surface area contributed by atoms with Gasteiger partial charge in [0, 0.05) is 17.4 Å². The van der Waals surface area contributed by atoms with Gasteiger partial charge in [-0.05, 0) is 54.6 Å². The summed E-state index contributed by atoms with van der Waals surface area (Å²) in [4.78, 5) is 10.8. The molecule has 1 heterocycles. The molecule has 8 heteroatoms. The molecule has 25 heavy (non-hydrogen) atoms. The highest BCUT2D eigenvalue weighted by atomic mass is 35.5. The molecule has 0 aliphatic carbocycles. The number of carboxylic acids is 1. The van der Waals surface area contributed by atoms with Crippen molar-refractivity contribution in [2.24, 2.45) is 0 Å². The number of nitrogens with zero attached hydrogens (tertiary/aromatic N) is 1. The first-order valence-corrected chi connectivity index (χ1v) is 9.02. The van der Waals surface area contributed by atoms with Gasteiger partial charge in [-0.2, -0.15) is 0 Å². The van der Waals surface area contributed by atoms with Gasteiger partial charge in [-0.25, -0.2) is 13.2 Å². The summed E-state index contributed by atoms with van der Waals surface area (Å²) in [5, 5.41) is 9.37. The van der Waals surface area contributed by atoms with Gasteiger partial charge in [-0.1, -0.05) is 11.6 Å². The van der Waals surface area contributed by atoms with Crippen molar-refractivity contribution in [2.75, 3.05) is 4.72 Å².